The van der Waals surface area contributed by atoms with E-state index in [2.05, 4.69) is 84.9 Å². The van der Waals surface area contributed by atoms with Crippen molar-refractivity contribution in [3.63, 3.8) is 0 Å². The van der Waals surface area contributed by atoms with Crippen LogP contribution in [0.25, 0.3) is 109 Å². The second-order valence-electron chi connectivity index (χ2n) is 13.7. The molecule has 0 bridgehead atoms. The minimum Gasteiger partial charge on any atom is -0.452 e. The maximum absolute atomic E-state index is 8.90. The molecule has 0 unspecified atom stereocenters. The topological polar surface area (TPSA) is 38.9 Å². The fourth-order valence-electron chi connectivity index (χ4n) is 7.53. The standard InChI is InChI=1S/C52H32N2OS/c1-2-9-33(10-3-1)34-19-21-35(22-20-34)38-11-6-13-40(29-38)41-27-28-47-46(31-41)50-51(55-47)49(53-32-54-50)42-14-7-12-39(30-42)36-23-25-37(26-24-36)43-16-8-17-45-44-15-4-5-18-48(44)56-52(43)45/h1-32H/i4D,5D,8D,15D,16D,17D,18D. The van der Waals surface area contributed by atoms with Gasteiger partial charge in [-0.3, -0.25) is 0 Å². The molecule has 0 spiro atoms. The SMILES string of the molecule is [2H]c1c([2H])c([2H])c2c(sc3c(-c4ccc(-c5cccc(-c6ncnc7c6oc6ccc(-c8cccc(-c9ccc(-c%10ccccc%10)cc9)c8)cc67)c5)cc4)c([2H])c([2H])c([2H])c32)c1[2H]. The van der Waals surface area contributed by atoms with Crippen molar-refractivity contribution in [2.45, 2.75) is 0 Å². The van der Waals surface area contributed by atoms with Gasteiger partial charge in [0.15, 0.2) is 5.58 Å². The zero-order valence-corrected chi connectivity index (χ0v) is 30.5. The van der Waals surface area contributed by atoms with Crippen molar-refractivity contribution in [3.8, 4) is 66.9 Å². The van der Waals surface area contributed by atoms with Gasteiger partial charge in [-0.25, -0.2) is 9.97 Å². The van der Waals surface area contributed by atoms with Crippen molar-refractivity contribution >= 4 is 53.6 Å². The highest BCUT2D eigenvalue weighted by atomic mass is 32.1. The fourth-order valence-corrected chi connectivity index (χ4v) is 8.62. The third-order valence-corrected chi connectivity index (χ3v) is 11.5. The van der Waals surface area contributed by atoms with Crippen LogP contribution in [-0.2, 0) is 0 Å². The lowest BCUT2D eigenvalue weighted by molar-refractivity contribution is 0.667. The molecule has 3 aromatic heterocycles. The summed E-state index contributed by atoms with van der Waals surface area (Å²) in [6.45, 7) is 0. The van der Waals surface area contributed by atoms with E-state index in [1.807, 2.05) is 60.7 Å². The molecule has 0 saturated carbocycles. The van der Waals surface area contributed by atoms with Gasteiger partial charge in [0, 0.05) is 31.1 Å². The van der Waals surface area contributed by atoms with Crippen LogP contribution in [0.15, 0.2) is 199 Å². The third kappa shape index (κ3) is 5.58. The van der Waals surface area contributed by atoms with Crippen molar-refractivity contribution in [3.05, 3.63) is 194 Å². The minimum absolute atomic E-state index is 0.131. The Bertz CT molecular complexity index is 3640. The molecule has 0 aliphatic rings. The summed E-state index contributed by atoms with van der Waals surface area (Å²) in [7, 11) is 0. The molecule has 0 radical (unpaired) electrons. The van der Waals surface area contributed by atoms with Crippen LogP contribution in [0.4, 0.5) is 0 Å². The van der Waals surface area contributed by atoms with Crippen LogP contribution in [0.1, 0.15) is 9.60 Å². The molecule has 4 heteroatoms. The van der Waals surface area contributed by atoms with Gasteiger partial charge in [0.05, 0.1) is 9.60 Å². The van der Waals surface area contributed by atoms with Gasteiger partial charge >= 0.3 is 0 Å². The molecule has 3 nitrogen and oxygen atoms in total. The van der Waals surface area contributed by atoms with Crippen LogP contribution < -0.4 is 0 Å². The van der Waals surface area contributed by atoms with Gasteiger partial charge in [0.1, 0.15) is 23.1 Å². The first-order valence-corrected chi connectivity index (χ1v) is 19.0. The van der Waals surface area contributed by atoms with Gasteiger partial charge in [0.2, 0.25) is 0 Å². The summed E-state index contributed by atoms with van der Waals surface area (Å²) in [5.41, 5.74) is 13.2. The van der Waals surface area contributed by atoms with Crippen LogP contribution in [-0.4, -0.2) is 9.97 Å². The number of hydrogen-bond donors (Lipinski definition) is 0. The van der Waals surface area contributed by atoms with Gasteiger partial charge in [-0.2, -0.15) is 0 Å². The summed E-state index contributed by atoms with van der Waals surface area (Å²) >= 11 is 1.13. The number of rotatable bonds is 6. The minimum atomic E-state index is -0.391. The highest BCUT2D eigenvalue weighted by Gasteiger charge is 2.17. The highest BCUT2D eigenvalue weighted by molar-refractivity contribution is 7.26. The lowest BCUT2D eigenvalue weighted by Gasteiger charge is -2.08. The summed E-state index contributed by atoms with van der Waals surface area (Å²) in [5.74, 6) is 0. The third-order valence-electron chi connectivity index (χ3n) is 10.4. The van der Waals surface area contributed by atoms with E-state index in [0.29, 0.717) is 37.4 Å². The Kier molecular flexibility index (Phi) is 6.13. The van der Waals surface area contributed by atoms with Crippen LogP contribution >= 0.6 is 11.3 Å². The number of nitrogens with zero attached hydrogens (tertiary/aromatic N) is 2. The van der Waals surface area contributed by atoms with Crippen molar-refractivity contribution < 1.29 is 14.0 Å². The van der Waals surface area contributed by atoms with Gasteiger partial charge < -0.3 is 4.42 Å². The molecule has 0 N–H and O–H groups in total. The Balaban J connectivity index is 0.923. The van der Waals surface area contributed by atoms with E-state index >= 15 is 0 Å². The van der Waals surface area contributed by atoms with Crippen molar-refractivity contribution in [2.75, 3.05) is 0 Å². The van der Waals surface area contributed by atoms with Gasteiger partial charge in [-0.1, -0.05) is 158 Å². The number of aromatic nitrogens is 2. The Morgan fingerprint density at radius 1 is 0.446 bits per heavy atom. The van der Waals surface area contributed by atoms with Crippen LogP contribution in [0.5, 0.6) is 0 Å². The largest absolute Gasteiger partial charge is 0.452 e. The first-order valence-electron chi connectivity index (χ1n) is 21.7. The van der Waals surface area contributed by atoms with E-state index < -0.39 is 6.04 Å². The number of thiophene rings is 1. The Morgan fingerprint density at radius 2 is 1.02 bits per heavy atom. The van der Waals surface area contributed by atoms with Gasteiger partial charge in [-0.15, -0.1) is 11.3 Å². The van der Waals surface area contributed by atoms with Crippen molar-refractivity contribution in [1.29, 1.82) is 0 Å². The molecule has 8 aromatic carbocycles. The summed E-state index contributed by atoms with van der Waals surface area (Å²) < 4.78 is 67.2. The second kappa shape index (κ2) is 13.3. The van der Waals surface area contributed by atoms with E-state index in [4.69, 9.17) is 24.0 Å². The molecule has 11 aromatic rings. The maximum Gasteiger partial charge on any atom is 0.180 e. The number of benzene rings is 8. The van der Waals surface area contributed by atoms with E-state index in [-0.39, 0.29) is 47.0 Å². The summed E-state index contributed by atoms with van der Waals surface area (Å²) in [4.78, 5) is 9.40. The molecule has 0 fully saturated rings. The smallest absolute Gasteiger partial charge is 0.180 e. The van der Waals surface area contributed by atoms with Crippen LogP contribution in [0, 0.1) is 0 Å². The molecular weight excluding hydrogens is 701 g/mol. The predicted molar refractivity (Wildman–Crippen MR) is 235 cm³/mol. The Morgan fingerprint density at radius 3 is 1.79 bits per heavy atom. The highest BCUT2D eigenvalue weighted by Crippen LogP contribution is 2.41. The Hall–Kier alpha value is -7.14. The lowest BCUT2D eigenvalue weighted by atomic mass is 9.96. The first-order chi connectivity index (χ1) is 30.6. The molecule has 0 atom stereocenters. The molecule has 0 aliphatic carbocycles. The molecule has 262 valence electrons. The van der Waals surface area contributed by atoms with Crippen LogP contribution in [0.2, 0.25) is 0 Å². The molecule has 0 saturated heterocycles. The zero-order valence-electron chi connectivity index (χ0n) is 36.6. The van der Waals surface area contributed by atoms with Gasteiger partial charge in [-0.05, 0) is 85.9 Å². The molecular formula is C52H32N2OS. The van der Waals surface area contributed by atoms with E-state index in [1.165, 1.54) is 11.1 Å². The van der Waals surface area contributed by atoms with Crippen molar-refractivity contribution in [2.24, 2.45) is 0 Å². The normalized spacial score (nSPS) is 13.3. The first kappa shape index (κ1) is 25.8. The molecule has 11 rings (SSSR count). The summed E-state index contributed by atoms with van der Waals surface area (Å²) in [6, 6.07) is 47.5. The number of hydrogen-bond acceptors (Lipinski definition) is 4. The fraction of sp³-hybridized carbons (Fsp3) is 0. The van der Waals surface area contributed by atoms with Gasteiger partial charge in [0.25, 0.3) is 0 Å². The molecule has 0 amide bonds. The molecule has 0 aliphatic heterocycles. The number of furan rings is 1. The number of fused-ring (bicyclic) bond motifs is 6. The average molecular weight is 740 g/mol. The quantitative estimate of drug-likeness (QED) is 0.170. The lowest BCUT2D eigenvalue weighted by Crippen LogP contribution is -1.88. The van der Waals surface area contributed by atoms with Crippen LogP contribution in [0.3, 0.4) is 0 Å². The van der Waals surface area contributed by atoms with Crippen molar-refractivity contribution in [1.82, 2.24) is 9.97 Å². The van der Waals surface area contributed by atoms with E-state index in [0.717, 1.165) is 61.2 Å². The van der Waals surface area contributed by atoms with E-state index in [1.54, 1.807) is 6.33 Å². The summed E-state index contributed by atoms with van der Waals surface area (Å²) in [6.07, 6.45) is 1.57. The average Bonchev–Trinajstić information content (AvgIpc) is 3.92. The monoisotopic (exact) mass is 739 g/mol. The Labute approximate surface area is 337 Å². The predicted octanol–water partition coefficient (Wildman–Crippen LogP) is 14.7. The zero-order chi connectivity index (χ0) is 43.1. The van der Waals surface area contributed by atoms with E-state index in [9.17, 15) is 0 Å². The molecule has 3 heterocycles. The molecule has 56 heavy (non-hydrogen) atoms. The summed E-state index contributed by atoms with van der Waals surface area (Å²) in [5, 5.41) is 1.37. The maximum atomic E-state index is 8.90. The second-order valence-corrected chi connectivity index (χ2v) is 14.7.